The second kappa shape index (κ2) is 6.94. The van der Waals surface area contributed by atoms with Crippen LogP contribution in [-0.4, -0.2) is 32.3 Å². The number of carbonyl (C=O) groups excluding carboxylic acids is 1. The zero-order chi connectivity index (χ0) is 16.2. The molecule has 0 atom stereocenters. The van der Waals surface area contributed by atoms with E-state index < -0.39 is 11.5 Å². The van der Waals surface area contributed by atoms with Gasteiger partial charge in [-0.25, -0.2) is 4.79 Å². The molecule has 22 heavy (non-hydrogen) atoms. The molecule has 0 bridgehead atoms. The van der Waals surface area contributed by atoms with Crippen LogP contribution in [0.15, 0.2) is 12.4 Å². The van der Waals surface area contributed by atoms with E-state index in [-0.39, 0.29) is 12.3 Å². The maximum atomic E-state index is 12.2. The topological polar surface area (TPSA) is 84.2 Å². The van der Waals surface area contributed by atoms with Gasteiger partial charge in [-0.1, -0.05) is 13.3 Å². The third-order valence-electron chi connectivity index (χ3n) is 4.72. The van der Waals surface area contributed by atoms with Gasteiger partial charge in [0.15, 0.2) is 0 Å². The molecule has 0 aliphatic heterocycles. The number of hydrogen-bond acceptors (Lipinski definition) is 3. The minimum Gasteiger partial charge on any atom is -0.480 e. The summed E-state index contributed by atoms with van der Waals surface area (Å²) in [6.45, 7) is 2.13. The van der Waals surface area contributed by atoms with E-state index >= 15 is 0 Å². The Balaban J connectivity index is 1.90. The molecule has 1 saturated carbocycles. The van der Waals surface area contributed by atoms with Gasteiger partial charge in [0, 0.05) is 19.7 Å². The van der Waals surface area contributed by atoms with Crippen LogP contribution in [0.25, 0.3) is 0 Å². The van der Waals surface area contributed by atoms with E-state index in [0.29, 0.717) is 25.2 Å². The summed E-state index contributed by atoms with van der Waals surface area (Å²) in [7, 11) is 1.83. The minimum absolute atomic E-state index is 0.193. The Labute approximate surface area is 130 Å². The fraction of sp³-hybridized carbons (Fsp3) is 0.688. The van der Waals surface area contributed by atoms with E-state index in [0.717, 1.165) is 24.8 Å². The molecule has 1 fully saturated rings. The van der Waals surface area contributed by atoms with Crippen molar-refractivity contribution >= 4 is 11.9 Å². The molecule has 2 rings (SSSR count). The molecule has 0 spiro atoms. The molecule has 6 nitrogen and oxygen atoms in total. The van der Waals surface area contributed by atoms with Gasteiger partial charge in [0.05, 0.1) is 6.20 Å². The minimum atomic E-state index is -1.07. The lowest BCUT2D eigenvalue weighted by Gasteiger charge is -2.37. The number of hydrogen-bond donors (Lipinski definition) is 2. The van der Waals surface area contributed by atoms with E-state index in [2.05, 4.69) is 17.3 Å². The highest BCUT2D eigenvalue weighted by Crippen LogP contribution is 2.34. The predicted octanol–water partition coefficient (Wildman–Crippen LogP) is 1.89. The Morgan fingerprint density at radius 3 is 2.64 bits per heavy atom. The molecule has 0 saturated heterocycles. The summed E-state index contributed by atoms with van der Waals surface area (Å²) >= 11 is 0. The molecular weight excluding hydrogens is 282 g/mol. The lowest BCUT2D eigenvalue weighted by atomic mass is 9.75. The zero-order valence-corrected chi connectivity index (χ0v) is 13.3. The third kappa shape index (κ3) is 3.87. The summed E-state index contributed by atoms with van der Waals surface area (Å²) in [6, 6.07) is 0. The maximum Gasteiger partial charge on any atom is 0.329 e. The van der Waals surface area contributed by atoms with Crippen LogP contribution in [0.5, 0.6) is 0 Å². The van der Waals surface area contributed by atoms with Crippen LogP contribution in [0.4, 0.5) is 0 Å². The van der Waals surface area contributed by atoms with Crippen LogP contribution in [0.2, 0.25) is 0 Å². The highest BCUT2D eigenvalue weighted by molar-refractivity contribution is 5.87. The molecule has 1 aromatic heterocycles. The molecule has 0 aromatic carbocycles. The van der Waals surface area contributed by atoms with Crippen molar-refractivity contribution in [3.63, 3.8) is 0 Å². The summed E-state index contributed by atoms with van der Waals surface area (Å²) in [5.41, 5.74) is -0.0887. The Bertz CT molecular complexity index is 530. The summed E-state index contributed by atoms with van der Waals surface area (Å²) < 4.78 is 1.69. The van der Waals surface area contributed by atoms with E-state index in [1.165, 1.54) is 0 Å². The number of nitrogens with one attached hydrogen (secondary N) is 1. The quantitative estimate of drug-likeness (QED) is 0.840. The fourth-order valence-corrected chi connectivity index (χ4v) is 3.16. The van der Waals surface area contributed by atoms with Gasteiger partial charge >= 0.3 is 5.97 Å². The van der Waals surface area contributed by atoms with Gasteiger partial charge in [-0.3, -0.25) is 9.48 Å². The number of aromatic nitrogens is 2. The van der Waals surface area contributed by atoms with Crippen LogP contribution in [0.3, 0.4) is 0 Å². The van der Waals surface area contributed by atoms with Gasteiger partial charge in [0.1, 0.15) is 5.54 Å². The Kier molecular flexibility index (Phi) is 5.21. The normalized spacial score (nSPS) is 24.9. The Morgan fingerprint density at radius 2 is 2.14 bits per heavy atom. The van der Waals surface area contributed by atoms with Gasteiger partial charge in [0.25, 0.3) is 0 Å². The lowest BCUT2D eigenvalue weighted by Crippen LogP contribution is -2.56. The molecule has 0 unspecified atom stereocenters. The lowest BCUT2D eigenvalue weighted by molar-refractivity contribution is -0.149. The number of aliphatic carboxylic acids is 1. The van der Waals surface area contributed by atoms with Gasteiger partial charge in [-0.15, -0.1) is 0 Å². The highest BCUT2D eigenvalue weighted by Gasteiger charge is 2.42. The SMILES string of the molecule is CCC1CCC(NC(=O)CCc2cnn(C)c2)(C(=O)O)CC1. The summed E-state index contributed by atoms with van der Waals surface area (Å²) in [6.07, 6.45) is 8.32. The molecule has 1 heterocycles. The van der Waals surface area contributed by atoms with Crippen LogP contribution >= 0.6 is 0 Å². The van der Waals surface area contributed by atoms with Crippen molar-refractivity contribution in [3.05, 3.63) is 18.0 Å². The van der Waals surface area contributed by atoms with Crippen LogP contribution < -0.4 is 5.32 Å². The van der Waals surface area contributed by atoms with Crippen LogP contribution in [0, 0.1) is 5.92 Å². The number of nitrogens with zero attached hydrogens (tertiary/aromatic N) is 2. The molecule has 1 aliphatic carbocycles. The average molecular weight is 307 g/mol. The Morgan fingerprint density at radius 1 is 1.45 bits per heavy atom. The van der Waals surface area contributed by atoms with Crippen molar-refractivity contribution in [2.45, 2.75) is 57.4 Å². The third-order valence-corrected chi connectivity index (χ3v) is 4.72. The van der Waals surface area contributed by atoms with Crippen LogP contribution in [-0.2, 0) is 23.1 Å². The standard InChI is InChI=1S/C16H25N3O3/c1-3-12-6-8-16(9-7-12,15(21)22)18-14(20)5-4-13-10-17-19(2)11-13/h10-12H,3-9H2,1-2H3,(H,18,20)(H,21,22). The number of carboxylic acid groups (broad SMARTS) is 1. The number of aryl methyl sites for hydroxylation is 2. The first kappa shape index (κ1) is 16.5. The Hall–Kier alpha value is -1.85. The highest BCUT2D eigenvalue weighted by atomic mass is 16.4. The van der Waals surface area contributed by atoms with Crippen molar-refractivity contribution in [1.82, 2.24) is 15.1 Å². The summed E-state index contributed by atoms with van der Waals surface area (Å²) in [4.78, 5) is 23.8. The zero-order valence-electron chi connectivity index (χ0n) is 13.3. The van der Waals surface area contributed by atoms with Crippen LogP contribution in [0.1, 0.15) is 51.0 Å². The first-order chi connectivity index (χ1) is 10.4. The van der Waals surface area contributed by atoms with E-state index in [1.807, 2.05) is 13.2 Å². The van der Waals surface area contributed by atoms with Gasteiger partial charge < -0.3 is 10.4 Å². The first-order valence-electron chi connectivity index (χ1n) is 7.97. The van der Waals surface area contributed by atoms with Crippen molar-refractivity contribution in [2.24, 2.45) is 13.0 Å². The van der Waals surface area contributed by atoms with Crippen molar-refractivity contribution in [1.29, 1.82) is 0 Å². The molecule has 1 aromatic rings. The van der Waals surface area contributed by atoms with E-state index in [4.69, 9.17) is 0 Å². The summed E-state index contributed by atoms with van der Waals surface area (Å²) in [5.74, 6) is -0.516. The fourth-order valence-electron chi connectivity index (χ4n) is 3.16. The number of rotatable bonds is 6. The molecule has 2 N–H and O–H groups in total. The van der Waals surface area contributed by atoms with Gasteiger partial charge in [-0.2, -0.15) is 5.10 Å². The van der Waals surface area contributed by atoms with Crippen molar-refractivity contribution < 1.29 is 14.7 Å². The van der Waals surface area contributed by atoms with Gasteiger partial charge in [-0.05, 0) is 43.6 Å². The number of amides is 1. The van der Waals surface area contributed by atoms with Crippen molar-refractivity contribution in [3.8, 4) is 0 Å². The predicted molar refractivity (Wildman–Crippen MR) is 82.3 cm³/mol. The molecular formula is C16H25N3O3. The van der Waals surface area contributed by atoms with E-state index in [1.54, 1.807) is 10.9 Å². The second-order valence-electron chi connectivity index (χ2n) is 6.31. The first-order valence-corrected chi connectivity index (χ1v) is 7.97. The number of carboxylic acids is 1. The molecule has 1 aliphatic rings. The largest absolute Gasteiger partial charge is 0.480 e. The monoisotopic (exact) mass is 307 g/mol. The number of carbonyl (C=O) groups is 2. The average Bonchev–Trinajstić information content (AvgIpc) is 2.91. The second-order valence-corrected chi connectivity index (χ2v) is 6.31. The molecule has 1 amide bonds. The molecule has 0 radical (unpaired) electrons. The van der Waals surface area contributed by atoms with E-state index in [9.17, 15) is 14.7 Å². The molecule has 6 heteroatoms. The maximum absolute atomic E-state index is 12.2. The van der Waals surface area contributed by atoms with Gasteiger partial charge in [0.2, 0.25) is 5.91 Å². The molecule has 122 valence electrons. The smallest absolute Gasteiger partial charge is 0.329 e. The van der Waals surface area contributed by atoms with Crippen molar-refractivity contribution in [2.75, 3.05) is 0 Å². The summed E-state index contributed by atoms with van der Waals surface area (Å²) in [5, 5.41) is 16.4.